The van der Waals surface area contributed by atoms with E-state index in [1.165, 1.54) is 4.90 Å². The quantitative estimate of drug-likeness (QED) is 0.258. The third-order valence-electron chi connectivity index (χ3n) is 6.33. The average molecular weight is 573 g/mol. The van der Waals surface area contributed by atoms with Gasteiger partial charge in [0.2, 0.25) is 0 Å². The van der Waals surface area contributed by atoms with Crippen molar-refractivity contribution >= 4 is 35.6 Å². The summed E-state index contributed by atoms with van der Waals surface area (Å²) in [4.78, 5) is 32.9. The predicted molar refractivity (Wildman–Crippen MR) is 165 cm³/mol. The number of benzene rings is 2. The van der Waals surface area contributed by atoms with Crippen molar-refractivity contribution in [2.45, 2.75) is 45.8 Å². The standard InChI is InChI=1S/C33H40N4O5/c1-32(2,3)42-23-33(4,5)41-22-30(38)40-19-18-36(6)27-15-12-25(13-16-27)20-28-31(39)37(7)29(35-28)17-14-24-8-10-26(21-34)11-9-24/h8-17,20H,18-19,22-23H2,1-7H3/b17-14+,28-20-. The number of carbonyl (C=O) groups excluding carboxylic acids is 2. The van der Waals surface area contributed by atoms with E-state index in [-0.39, 0.29) is 24.7 Å². The number of rotatable bonds is 12. The van der Waals surface area contributed by atoms with Crippen molar-refractivity contribution in [3.05, 3.63) is 77.0 Å². The molecular formula is C33H40N4O5. The first-order valence-corrected chi connectivity index (χ1v) is 13.8. The molecule has 42 heavy (non-hydrogen) atoms. The first-order chi connectivity index (χ1) is 19.8. The highest BCUT2D eigenvalue weighted by molar-refractivity contribution is 6.18. The van der Waals surface area contributed by atoms with Crippen LogP contribution in [0.5, 0.6) is 0 Å². The number of carbonyl (C=O) groups is 2. The highest BCUT2D eigenvalue weighted by Gasteiger charge is 2.25. The minimum Gasteiger partial charge on any atom is -0.462 e. The molecule has 2 aromatic rings. The Bertz CT molecular complexity index is 1380. The molecule has 0 bridgehead atoms. The molecule has 1 heterocycles. The number of amides is 1. The van der Waals surface area contributed by atoms with Gasteiger partial charge in [-0.15, -0.1) is 0 Å². The third-order valence-corrected chi connectivity index (χ3v) is 6.33. The smallest absolute Gasteiger partial charge is 0.332 e. The molecule has 0 N–H and O–H groups in total. The maximum Gasteiger partial charge on any atom is 0.332 e. The van der Waals surface area contributed by atoms with Crippen LogP contribution in [-0.4, -0.2) is 74.3 Å². The summed E-state index contributed by atoms with van der Waals surface area (Å²) in [6.07, 6.45) is 5.38. The van der Waals surface area contributed by atoms with Crippen LogP contribution < -0.4 is 4.90 Å². The molecular weight excluding hydrogens is 532 g/mol. The second kappa shape index (κ2) is 14.1. The van der Waals surface area contributed by atoms with Crippen molar-refractivity contribution in [2.24, 2.45) is 4.99 Å². The van der Waals surface area contributed by atoms with Crippen LogP contribution in [0.2, 0.25) is 0 Å². The van der Waals surface area contributed by atoms with Crippen molar-refractivity contribution in [3.63, 3.8) is 0 Å². The molecule has 0 unspecified atom stereocenters. The lowest BCUT2D eigenvalue weighted by Crippen LogP contribution is -2.37. The van der Waals surface area contributed by atoms with E-state index in [1.54, 1.807) is 31.3 Å². The molecule has 0 radical (unpaired) electrons. The monoisotopic (exact) mass is 572 g/mol. The van der Waals surface area contributed by atoms with Crippen molar-refractivity contribution in [1.82, 2.24) is 4.90 Å². The van der Waals surface area contributed by atoms with Crippen molar-refractivity contribution < 1.29 is 23.8 Å². The summed E-state index contributed by atoms with van der Waals surface area (Å²) in [5.74, 6) is -0.0765. The zero-order chi connectivity index (χ0) is 30.9. The number of likely N-dealkylation sites (N-methyl/N-ethyl adjacent to an activating group) is 2. The summed E-state index contributed by atoms with van der Waals surface area (Å²) in [7, 11) is 3.60. The molecule has 0 fully saturated rings. The zero-order valence-electron chi connectivity index (χ0n) is 25.5. The summed E-state index contributed by atoms with van der Waals surface area (Å²) < 4.78 is 16.8. The number of amidine groups is 1. The largest absolute Gasteiger partial charge is 0.462 e. The van der Waals surface area contributed by atoms with Crippen LogP contribution in [0, 0.1) is 11.3 Å². The lowest BCUT2D eigenvalue weighted by atomic mass is 10.1. The number of anilines is 1. The predicted octanol–water partition coefficient (Wildman–Crippen LogP) is 5.07. The van der Waals surface area contributed by atoms with E-state index in [0.717, 1.165) is 16.8 Å². The topological polar surface area (TPSA) is 104 Å². The van der Waals surface area contributed by atoms with Gasteiger partial charge in [-0.2, -0.15) is 5.26 Å². The van der Waals surface area contributed by atoms with E-state index in [0.29, 0.717) is 30.2 Å². The lowest BCUT2D eigenvalue weighted by molar-refractivity contribution is -0.161. The van der Waals surface area contributed by atoms with Gasteiger partial charge < -0.3 is 19.1 Å². The Labute approximate surface area is 248 Å². The van der Waals surface area contributed by atoms with E-state index in [9.17, 15) is 9.59 Å². The van der Waals surface area contributed by atoms with Crippen LogP contribution in [0.3, 0.4) is 0 Å². The summed E-state index contributed by atoms with van der Waals surface area (Å²) >= 11 is 0. The van der Waals surface area contributed by atoms with Gasteiger partial charge in [0.1, 0.15) is 24.7 Å². The summed E-state index contributed by atoms with van der Waals surface area (Å²) in [6.45, 7) is 10.6. The molecule has 1 aliphatic rings. The molecule has 1 aliphatic heterocycles. The number of esters is 1. The molecule has 222 valence electrons. The maximum absolute atomic E-state index is 12.7. The van der Waals surface area contributed by atoms with Crippen LogP contribution >= 0.6 is 0 Å². The first kappa shape index (κ1) is 32.3. The maximum atomic E-state index is 12.7. The molecule has 0 saturated heterocycles. The molecule has 0 aromatic heterocycles. The molecule has 9 heteroatoms. The van der Waals surface area contributed by atoms with E-state index in [1.807, 2.05) is 89.0 Å². The van der Waals surface area contributed by atoms with Crippen LogP contribution in [-0.2, 0) is 23.8 Å². The molecule has 0 aliphatic carbocycles. The van der Waals surface area contributed by atoms with Crippen LogP contribution in [0.1, 0.15) is 51.3 Å². The molecule has 1 amide bonds. The number of nitriles is 1. The van der Waals surface area contributed by atoms with Gasteiger partial charge in [0.05, 0.1) is 36.0 Å². The van der Waals surface area contributed by atoms with Gasteiger partial charge in [-0.1, -0.05) is 30.3 Å². The van der Waals surface area contributed by atoms with Gasteiger partial charge in [-0.25, -0.2) is 9.79 Å². The fraction of sp³-hybridized carbons (Fsp3) is 0.394. The van der Waals surface area contributed by atoms with E-state index in [4.69, 9.17) is 19.5 Å². The van der Waals surface area contributed by atoms with E-state index in [2.05, 4.69) is 11.1 Å². The fourth-order valence-electron chi connectivity index (χ4n) is 3.74. The second-order valence-corrected chi connectivity index (χ2v) is 11.6. The first-order valence-electron chi connectivity index (χ1n) is 13.8. The highest BCUT2D eigenvalue weighted by atomic mass is 16.6. The van der Waals surface area contributed by atoms with E-state index < -0.39 is 11.6 Å². The normalized spacial score (nSPS) is 14.8. The van der Waals surface area contributed by atoms with Crippen LogP contribution in [0.25, 0.3) is 12.2 Å². The van der Waals surface area contributed by atoms with Gasteiger partial charge >= 0.3 is 5.97 Å². The van der Waals surface area contributed by atoms with Crippen molar-refractivity contribution in [2.75, 3.05) is 45.4 Å². The highest BCUT2D eigenvalue weighted by Crippen LogP contribution is 2.21. The Morgan fingerprint density at radius 2 is 1.64 bits per heavy atom. The number of ether oxygens (including phenoxy) is 3. The number of hydrogen-bond donors (Lipinski definition) is 0. The third kappa shape index (κ3) is 9.98. The minimum absolute atomic E-state index is 0.142. The summed E-state index contributed by atoms with van der Waals surface area (Å²) in [5, 5.41) is 8.94. The zero-order valence-corrected chi connectivity index (χ0v) is 25.5. The lowest BCUT2D eigenvalue weighted by Gasteiger charge is -2.29. The summed E-state index contributed by atoms with van der Waals surface area (Å²) in [6, 6.07) is 17.0. The minimum atomic E-state index is -0.603. The van der Waals surface area contributed by atoms with Crippen LogP contribution in [0.15, 0.2) is 65.3 Å². The Hall–Kier alpha value is -4.26. The second-order valence-electron chi connectivity index (χ2n) is 11.6. The van der Waals surface area contributed by atoms with Gasteiger partial charge in [0, 0.05) is 19.8 Å². The Morgan fingerprint density at radius 3 is 2.26 bits per heavy atom. The van der Waals surface area contributed by atoms with Gasteiger partial charge in [0.15, 0.2) is 0 Å². The SMILES string of the molecule is CN1C(=O)/C(=C/c2ccc(N(C)CCOC(=O)COC(C)(C)COC(C)(C)C)cc2)N=C1/C=C/c1ccc(C#N)cc1. The average Bonchev–Trinajstić information content (AvgIpc) is 3.22. The van der Waals surface area contributed by atoms with Gasteiger partial charge in [-0.3, -0.25) is 9.69 Å². The number of nitrogens with zero attached hydrogens (tertiary/aromatic N) is 4. The van der Waals surface area contributed by atoms with Crippen molar-refractivity contribution in [3.8, 4) is 6.07 Å². The molecule has 0 spiro atoms. The van der Waals surface area contributed by atoms with Crippen LogP contribution in [0.4, 0.5) is 5.69 Å². The van der Waals surface area contributed by atoms with Gasteiger partial charge in [0.25, 0.3) is 5.91 Å². The molecule has 3 rings (SSSR count). The molecule has 2 aromatic carbocycles. The van der Waals surface area contributed by atoms with Gasteiger partial charge in [-0.05, 0) is 82.2 Å². The number of aliphatic imine (C=N–C) groups is 1. The fourth-order valence-corrected chi connectivity index (χ4v) is 3.74. The Kier molecular flexibility index (Phi) is 10.8. The summed E-state index contributed by atoms with van der Waals surface area (Å²) in [5.41, 5.74) is 2.74. The van der Waals surface area contributed by atoms with Crippen molar-refractivity contribution in [1.29, 1.82) is 5.26 Å². The number of hydrogen-bond acceptors (Lipinski definition) is 8. The Morgan fingerprint density at radius 1 is 1.00 bits per heavy atom. The Balaban J connectivity index is 1.50. The van der Waals surface area contributed by atoms with E-state index >= 15 is 0 Å². The molecule has 9 nitrogen and oxygen atoms in total. The molecule has 0 saturated carbocycles. The molecule has 0 atom stereocenters.